The third-order valence-electron chi connectivity index (χ3n) is 2.74. The van der Waals surface area contributed by atoms with Crippen LogP contribution in [0.2, 0.25) is 10.0 Å². The van der Waals surface area contributed by atoms with E-state index < -0.39 is 21.4 Å². The van der Waals surface area contributed by atoms with Gasteiger partial charge in [0.05, 0.1) is 14.9 Å². The number of carbonyl (C=O) groups is 1. The van der Waals surface area contributed by atoms with Crippen molar-refractivity contribution in [1.82, 2.24) is 0 Å². The summed E-state index contributed by atoms with van der Waals surface area (Å²) in [6, 6.07) is 10.4. The van der Waals surface area contributed by atoms with E-state index in [1.165, 1.54) is 30.3 Å². The van der Waals surface area contributed by atoms with E-state index in [0.717, 1.165) is 4.47 Å². The Labute approximate surface area is 140 Å². The molecule has 0 aliphatic heterocycles. The van der Waals surface area contributed by atoms with E-state index >= 15 is 0 Å². The maximum absolute atomic E-state index is 12.2. The lowest BCUT2D eigenvalue weighted by Crippen LogP contribution is -2.16. The highest BCUT2D eigenvalue weighted by Gasteiger charge is 2.20. The first kappa shape index (κ1) is 16.5. The second kappa shape index (κ2) is 6.48. The molecule has 0 heterocycles. The fourth-order valence-corrected chi connectivity index (χ4v) is 3.44. The van der Waals surface area contributed by atoms with Crippen LogP contribution in [0.15, 0.2) is 51.8 Å². The molecule has 0 aliphatic rings. The Morgan fingerprint density at radius 3 is 2.19 bits per heavy atom. The van der Waals surface area contributed by atoms with Crippen LogP contribution in [-0.4, -0.2) is 20.0 Å². The molecule has 0 saturated carbocycles. The number of hydrogen-bond acceptors (Lipinski definition) is 3. The first-order valence-corrected chi connectivity index (χ1v) is 8.96. The molecule has 110 valence electrons. The largest absolute Gasteiger partial charge is 0.293 e. The van der Waals surface area contributed by atoms with E-state index in [1.807, 2.05) is 0 Å². The normalized spacial score (nSPS) is 11.4. The molecule has 0 spiro atoms. The first-order chi connectivity index (χ1) is 9.79. The van der Waals surface area contributed by atoms with Crippen LogP contribution in [0.1, 0.15) is 10.4 Å². The van der Waals surface area contributed by atoms with Gasteiger partial charge in [0.2, 0.25) is 0 Å². The van der Waals surface area contributed by atoms with Crippen molar-refractivity contribution >= 4 is 54.8 Å². The zero-order valence-electron chi connectivity index (χ0n) is 10.5. The van der Waals surface area contributed by atoms with E-state index in [2.05, 4.69) is 15.9 Å². The fraction of sp³-hybridized carbons (Fsp3) is 0.0714. The van der Waals surface area contributed by atoms with E-state index in [1.54, 1.807) is 12.1 Å². The predicted octanol–water partition coefficient (Wildman–Crippen LogP) is 4.41. The lowest BCUT2D eigenvalue weighted by molar-refractivity contribution is 0.102. The van der Waals surface area contributed by atoms with Crippen molar-refractivity contribution in [3.8, 4) is 0 Å². The van der Waals surface area contributed by atoms with Gasteiger partial charge in [-0.1, -0.05) is 39.1 Å². The number of sulfone groups is 1. The topological polar surface area (TPSA) is 51.2 Å². The summed E-state index contributed by atoms with van der Waals surface area (Å²) in [5, 5.41) is 0.521. The Hall–Kier alpha value is -0.880. The summed E-state index contributed by atoms with van der Waals surface area (Å²) in [7, 11) is -3.69. The van der Waals surface area contributed by atoms with Gasteiger partial charge in [0.15, 0.2) is 15.6 Å². The number of carbonyl (C=O) groups excluding carboxylic acids is 1. The van der Waals surface area contributed by atoms with Gasteiger partial charge in [0.1, 0.15) is 5.75 Å². The van der Waals surface area contributed by atoms with Gasteiger partial charge in [-0.25, -0.2) is 8.42 Å². The number of benzene rings is 2. The van der Waals surface area contributed by atoms with Crippen LogP contribution in [0.4, 0.5) is 0 Å². The molecule has 0 radical (unpaired) electrons. The van der Waals surface area contributed by atoms with Gasteiger partial charge in [0, 0.05) is 10.0 Å². The minimum Gasteiger partial charge on any atom is -0.293 e. The highest BCUT2D eigenvalue weighted by molar-refractivity contribution is 9.10. The number of halogens is 3. The predicted molar refractivity (Wildman–Crippen MR) is 87.0 cm³/mol. The summed E-state index contributed by atoms with van der Waals surface area (Å²) in [6.07, 6.45) is 0. The molecule has 0 saturated heterocycles. The summed E-state index contributed by atoms with van der Waals surface area (Å²) in [5.74, 6) is -1.15. The van der Waals surface area contributed by atoms with Crippen molar-refractivity contribution in [2.45, 2.75) is 4.90 Å². The van der Waals surface area contributed by atoms with Crippen molar-refractivity contribution in [3.05, 3.63) is 62.5 Å². The zero-order chi connectivity index (χ0) is 15.6. The summed E-state index contributed by atoms with van der Waals surface area (Å²) >= 11 is 14.8. The molecule has 0 amide bonds. The Morgan fingerprint density at radius 1 is 1.00 bits per heavy atom. The summed E-state index contributed by atoms with van der Waals surface area (Å²) in [4.78, 5) is 12.2. The fourth-order valence-electron chi connectivity index (χ4n) is 1.65. The summed E-state index contributed by atoms with van der Waals surface area (Å²) < 4.78 is 25.1. The Bertz CT molecular complexity index is 786. The van der Waals surface area contributed by atoms with Gasteiger partial charge in [0.25, 0.3) is 0 Å². The molecule has 0 N–H and O–H groups in total. The van der Waals surface area contributed by atoms with Gasteiger partial charge < -0.3 is 0 Å². The van der Waals surface area contributed by atoms with Crippen molar-refractivity contribution in [1.29, 1.82) is 0 Å². The Kier molecular flexibility index (Phi) is 5.09. The van der Waals surface area contributed by atoms with E-state index in [9.17, 15) is 13.2 Å². The third kappa shape index (κ3) is 4.07. The Morgan fingerprint density at radius 2 is 1.62 bits per heavy atom. The summed E-state index contributed by atoms with van der Waals surface area (Å²) in [6.45, 7) is 0. The number of hydrogen-bond donors (Lipinski definition) is 0. The van der Waals surface area contributed by atoms with E-state index in [0.29, 0.717) is 5.02 Å². The van der Waals surface area contributed by atoms with Gasteiger partial charge in [-0.05, 0) is 42.5 Å². The minimum atomic E-state index is -3.69. The molecule has 7 heteroatoms. The smallest absolute Gasteiger partial charge is 0.185 e. The average molecular weight is 408 g/mol. The highest BCUT2D eigenvalue weighted by Crippen LogP contribution is 2.23. The third-order valence-corrected chi connectivity index (χ3v) is 5.64. The van der Waals surface area contributed by atoms with Gasteiger partial charge in [-0.2, -0.15) is 0 Å². The molecule has 0 atom stereocenters. The van der Waals surface area contributed by atoms with Crippen molar-refractivity contribution in [2.24, 2.45) is 0 Å². The van der Waals surface area contributed by atoms with Crippen LogP contribution >= 0.6 is 39.1 Å². The molecule has 0 bridgehead atoms. The Balaban J connectivity index is 2.25. The van der Waals surface area contributed by atoms with Crippen molar-refractivity contribution in [3.63, 3.8) is 0 Å². The molecule has 2 rings (SSSR count). The average Bonchev–Trinajstić information content (AvgIpc) is 2.41. The molecular weight excluding hydrogens is 399 g/mol. The standard InChI is InChI=1S/C14H9BrCl2O3S/c15-10-2-4-11(5-3-10)21(19,20)8-14(18)9-1-6-12(16)13(17)7-9/h1-7H,8H2. The van der Waals surface area contributed by atoms with Crippen molar-refractivity contribution in [2.75, 3.05) is 5.75 Å². The monoisotopic (exact) mass is 406 g/mol. The second-order valence-corrected chi connectivity index (χ2v) is 7.98. The first-order valence-electron chi connectivity index (χ1n) is 5.76. The lowest BCUT2D eigenvalue weighted by atomic mass is 10.1. The van der Waals surface area contributed by atoms with Gasteiger partial charge in [-0.3, -0.25) is 4.79 Å². The van der Waals surface area contributed by atoms with Crippen LogP contribution in [0.25, 0.3) is 0 Å². The van der Waals surface area contributed by atoms with Gasteiger partial charge in [-0.15, -0.1) is 0 Å². The SMILES string of the molecule is O=C(CS(=O)(=O)c1ccc(Br)cc1)c1ccc(Cl)c(Cl)c1. The van der Waals surface area contributed by atoms with E-state index in [-0.39, 0.29) is 15.5 Å². The van der Waals surface area contributed by atoms with Crippen molar-refractivity contribution < 1.29 is 13.2 Å². The maximum Gasteiger partial charge on any atom is 0.185 e. The lowest BCUT2D eigenvalue weighted by Gasteiger charge is -2.05. The summed E-state index contributed by atoms with van der Waals surface area (Å²) in [5.41, 5.74) is 0.213. The number of ketones is 1. The zero-order valence-corrected chi connectivity index (χ0v) is 14.4. The minimum absolute atomic E-state index is 0.0964. The van der Waals surface area contributed by atoms with Crippen LogP contribution in [0, 0.1) is 0 Å². The number of rotatable bonds is 4. The molecule has 0 fully saturated rings. The molecule has 2 aromatic carbocycles. The highest BCUT2D eigenvalue weighted by atomic mass is 79.9. The molecule has 21 heavy (non-hydrogen) atoms. The maximum atomic E-state index is 12.2. The van der Waals surface area contributed by atoms with Crippen LogP contribution in [0.3, 0.4) is 0 Å². The molecular formula is C14H9BrCl2O3S. The van der Waals surface area contributed by atoms with Crippen LogP contribution < -0.4 is 0 Å². The van der Waals surface area contributed by atoms with Crippen LogP contribution in [0.5, 0.6) is 0 Å². The molecule has 0 aromatic heterocycles. The molecule has 0 aliphatic carbocycles. The number of Topliss-reactive ketones (excluding diaryl/α,β-unsaturated/α-hetero) is 1. The molecule has 0 unspecified atom stereocenters. The second-order valence-electron chi connectivity index (χ2n) is 4.27. The molecule has 3 nitrogen and oxygen atoms in total. The van der Waals surface area contributed by atoms with Gasteiger partial charge >= 0.3 is 0 Å². The van der Waals surface area contributed by atoms with E-state index in [4.69, 9.17) is 23.2 Å². The molecule has 2 aromatic rings. The quantitative estimate of drug-likeness (QED) is 0.705. The van der Waals surface area contributed by atoms with Crippen LogP contribution in [-0.2, 0) is 9.84 Å².